The van der Waals surface area contributed by atoms with E-state index in [-0.39, 0.29) is 0 Å². The molecule has 0 bridgehead atoms. The van der Waals surface area contributed by atoms with Crippen LogP contribution in [0.3, 0.4) is 0 Å². The Labute approximate surface area is 173 Å². The fraction of sp³-hybridized carbons (Fsp3) is 0.545. The number of hydrogen-bond donors (Lipinski definition) is 3. The molecule has 7 nitrogen and oxygen atoms in total. The van der Waals surface area contributed by atoms with Crippen molar-refractivity contribution >= 4 is 5.96 Å². The van der Waals surface area contributed by atoms with E-state index >= 15 is 0 Å². The lowest BCUT2D eigenvalue weighted by Crippen LogP contribution is -2.32. The summed E-state index contributed by atoms with van der Waals surface area (Å²) in [7, 11) is 0. The minimum absolute atomic E-state index is 0.498. The highest BCUT2D eigenvalue weighted by molar-refractivity contribution is 5.77. The normalized spacial score (nSPS) is 15.4. The molecule has 1 aliphatic rings. The molecule has 1 aromatic carbocycles. The molecule has 1 saturated heterocycles. The van der Waals surface area contributed by atoms with Crippen molar-refractivity contribution in [3.63, 3.8) is 0 Å². The van der Waals surface area contributed by atoms with E-state index in [1.54, 1.807) is 6.33 Å². The monoisotopic (exact) mass is 398 g/mol. The zero-order valence-electron chi connectivity index (χ0n) is 17.3. The molecule has 0 atom stereocenters. The first kappa shape index (κ1) is 21.2. The number of nitrogens with two attached hydrogens (primary N) is 1. The number of aryl methyl sites for hydroxylation is 1. The number of nitrogens with one attached hydrogen (secondary N) is 2. The van der Waals surface area contributed by atoms with Crippen molar-refractivity contribution in [3.8, 4) is 5.75 Å². The lowest BCUT2D eigenvalue weighted by atomic mass is 10.1. The van der Waals surface area contributed by atoms with Crippen LogP contribution in [0.25, 0.3) is 0 Å². The number of imidazole rings is 1. The summed E-state index contributed by atoms with van der Waals surface area (Å²) >= 11 is 0. The number of ether oxygens (including phenoxy) is 1. The van der Waals surface area contributed by atoms with Crippen LogP contribution < -0.4 is 15.8 Å². The van der Waals surface area contributed by atoms with Crippen LogP contribution in [0.2, 0.25) is 0 Å². The second kappa shape index (κ2) is 12.1. The molecule has 0 saturated carbocycles. The zero-order chi connectivity index (χ0) is 20.2. The molecule has 29 heavy (non-hydrogen) atoms. The minimum atomic E-state index is 0.498. The van der Waals surface area contributed by atoms with Gasteiger partial charge in [0.05, 0.1) is 12.9 Å². The summed E-state index contributed by atoms with van der Waals surface area (Å²) in [6, 6.07) is 8.45. The molecule has 0 spiro atoms. The van der Waals surface area contributed by atoms with Gasteiger partial charge in [-0.05, 0) is 56.5 Å². The Morgan fingerprint density at radius 1 is 1.24 bits per heavy atom. The van der Waals surface area contributed by atoms with Gasteiger partial charge in [0, 0.05) is 37.9 Å². The molecular weight excluding hydrogens is 364 g/mol. The SMILES string of the molecule is NC(=NCCCOc1cccc(CN2CCCCC2)c1)NCCCc1cnc[nH]1. The predicted octanol–water partition coefficient (Wildman–Crippen LogP) is 2.70. The number of benzene rings is 1. The van der Waals surface area contributed by atoms with Crippen LogP contribution in [0.1, 0.15) is 43.4 Å². The number of piperidine rings is 1. The summed E-state index contributed by atoms with van der Waals surface area (Å²) in [5.74, 6) is 1.44. The number of H-pyrrole nitrogens is 1. The lowest BCUT2D eigenvalue weighted by molar-refractivity contribution is 0.220. The molecule has 0 unspecified atom stereocenters. The molecule has 0 radical (unpaired) electrons. The summed E-state index contributed by atoms with van der Waals surface area (Å²) in [5, 5.41) is 3.15. The Morgan fingerprint density at radius 3 is 2.97 bits per heavy atom. The summed E-state index contributed by atoms with van der Waals surface area (Å²) in [6.07, 6.45) is 10.3. The average molecular weight is 399 g/mol. The van der Waals surface area contributed by atoms with Gasteiger partial charge in [-0.2, -0.15) is 0 Å². The van der Waals surface area contributed by atoms with Crippen molar-refractivity contribution in [2.45, 2.75) is 45.1 Å². The third kappa shape index (κ3) is 8.15. The van der Waals surface area contributed by atoms with Gasteiger partial charge in [0.15, 0.2) is 5.96 Å². The number of guanidine groups is 1. The predicted molar refractivity (Wildman–Crippen MR) is 117 cm³/mol. The molecule has 2 heterocycles. The smallest absolute Gasteiger partial charge is 0.188 e. The third-order valence-electron chi connectivity index (χ3n) is 5.09. The van der Waals surface area contributed by atoms with Crippen molar-refractivity contribution in [3.05, 3.63) is 48.0 Å². The fourth-order valence-corrected chi connectivity index (χ4v) is 3.54. The number of aromatic nitrogens is 2. The van der Waals surface area contributed by atoms with E-state index in [4.69, 9.17) is 10.5 Å². The molecule has 0 aliphatic carbocycles. The third-order valence-corrected chi connectivity index (χ3v) is 5.09. The Hall–Kier alpha value is -2.54. The quantitative estimate of drug-likeness (QED) is 0.307. The number of nitrogens with zero attached hydrogens (tertiary/aromatic N) is 3. The second-order valence-electron chi connectivity index (χ2n) is 7.56. The van der Waals surface area contributed by atoms with Crippen molar-refractivity contribution < 1.29 is 4.74 Å². The van der Waals surface area contributed by atoms with Gasteiger partial charge in [-0.25, -0.2) is 4.98 Å². The van der Waals surface area contributed by atoms with Crippen molar-refractivity contribution in [2.24, 2.45) is 10.7 Å². The summed E-state index contributed by atoms with van der Waals surface area (Å²) in [6.45, 7) is 5.54. The van der Waals surface area contributed by atoms with E-state index < -0.39 is 0 Å². The molecular formula is C22H34N6O. The molecule has 0 amide bonds. The highest BCUT2D eigenvalue weighted by Crippen LogP contribution is 2.17. The number of hydrogen-bond acceptors (Lipinski definition) is 4. The fourth-order valence-electron chi connectivity index (χ4n) is 3.54. The van der Waals surface area contributed by atoms with Gasteiger partial charge in [-0.1, -0.05) is 18.6 Å². The largest absolute Gasteiger partial charge is 0.494 e. The Morgan fingerprint density at radius 2 is 2.14 bits per heavy atom. The molecule has 1 aromatic heterocycles. The van der Waals surface area contributed by atoms with E-state index in [9.17, 15) is 0 Å². The van der Waals surface area contributed by atoms with Crippen molar-refractivity contribution in [1.82, 2.24) is 20.2 Å². The average Bonchev–Trinajstić information content (AvgIpc) is 3.26. The first-order valence-corrected chi connectivity index (χ1v) is 10.7. The molecule has 158 valence electrons. The zero-order valence-corrected chi connectivity index (χ0v) is 17.3. The van der Waals surface area contributed by atoms with Crippen LogP contribution in [0.5, 0.6) is 5.75 Å². The van der Waals surface area contributed by atoms with E-state index in [1.165, 1.54) is 37.9 Å². The summed E-state index contributed by atoms with van der Waals surface area (Å²) in [5.41, 5.74) is 8.37. The highest BCUT2D eigenvalue weighted by Gasteiger charge is 2.10. The number of aliphatic imine (C=N–C) groups is 1. The van der Waals surface area contributed by atoms with Gasteiger partial charge in [0.25, 0.3) is 0 Å². The minimum Gasteiger partial charge on any atom is -0.494 e. The number of likely N-dealkylation sites (tertiary alicyclic amines) is 1. The molecule has 1 aliphatic heterocycles. The maximum absolute atomic E-state index is 5.91. The van der Waals surface area contributed by atoms with Crippen molar-refractivity contribution in [1.29, 1.82) is 0 Å². The van der Waals surface area contributed by atoms with Crippen LogP contribution >= 0.6 is 0 Å². The number of aromatic amines is 1. The van der Waals surface area contributed by atoms with E-state index in [0.29, 0.717) is 19.1 Å². The Kier molecular flexibility index (Phi) is 8.85. The molecule has 2 aromatic rings. The topological polar surface area (TPSA) is 91.6 Å². The van der Waals surface area contributed by atoms with Gasteiger partial charge >= 0.3 is 0 Å². The van der Waals surface area contributed by atoms with Crippen LogP contribution in [-0.2, 0) is 13.0 Å². The first-order valence-electron chi connectivity index (χ1n) is 10.7. The molecule has 3 rings (SSSR count). The lowest BCUT2D eigenvalue weighted by Gasteiger charge is -2.26. The van der Waals surface area contributed by atoms with E-state index in [2.05, 4.69) is 43.4 Å². The van der Waals surface area contributed by atoms with Crippen LogP contribution in [0.15, 0.2) is 41.8 Å². The maximum atomic E-state index is 5.91. The second-order valence-corrected chi connectivity index (χ2v) is 7.56. The Balaban J connectivity index is 1.27. The Bertz CT molecular complexity index is 725. The first-order chi connectivity index (χ1) is 14.3. The molecule has 7 heteroatoms. The van der Waals surface area contributed by atoms with Gasteiger partial charge < -0.3 is 20.8 Å². The van der Waals surface area contributed by atoms with Gasteiger partial charge in [0.2, 0.25) is 0 Å². The van der Waals surface area contributed by atoms with Crippen LogP contribution in [-0.4, -0.2) is 53.6 Å². The van der Waals surface area contributed by atoms with Gasteiger partial charge in [0.1, 0.15) is 5.75 Å². The summed E-state index contributed by atoms with van der Waals surface area (Å²) in [4.78, 5) is 14.0. The summed E-state index contributed by atoms with van der Waals surface area (Å²) < 4.78 is 5.90. The van der Waals surface area contributed by atoms with Crippen LogP contribution in [0.4, 0.5) is 0 Å². The molecule has 4 N–H and O–H groups in total. The van der Waals surface area contributed by atoms with Crippen molar-refractivity contribution in [2.75, 3.05) is 32.8 Å². The van der Waals surface area contributed by atoms with E-state index in [1.807, 2.05) is 12.3 Å². The number of rotatable bonds is 11. The highest BCUT2D eigenvalue weighted by atomic mass is 16.5. The standard InChI is InChI=1S/C22H34N6O/c23-22(25-10-5-8-20-16-24-18-27-20)26-11-6-14-29-21-9-4-7-19(15-21)17-28-12-2-1-3-13-28/h4,7,9,15-16,18H,1-3,5-6,8,10-14,17H2,(H,24,27)(H3,23,25,26). The molecule has 1 fully saturated rings. The van der Waals surface area contributed by atoms with E-state index in [0.717, 1.165) is 43.8 Å². The van der Waals surface area contributed by atoms with Gasteiger partial charge in [-0.3, -0.25) is 9.89 Å². The van der Waals surface area contributed by atoms with Gasteiger partial charge in [-0.15, -0.1) is 0 Å². The maximum Gasteiger partial charge on any atom is 0.188 e. The van der Waals surface area contributed by atoms with Crippen LogP contribution in [0, 0.1) is 0 Å².